The molecule has 0 N–H and O–H groups in total. The largest absolute Gasteiger partial charge is 0.744 e. The molecule has 34 heavy (non-hydrogen) atoms. The Morgan fingerprint density at radius 2 is 1.59 bits per heavy atom. The molecule has 1 aliphatic rings. The second-order valence-corrected chi connectivity index (χ2v) is 9.04. The van der Waals surface area contributed by atoms with Crippen LogP contribution in [0.4, 0.5) is 11.4 Å². The molecule has 10 heteroatoms. The van der Waals surface area contributed by atoms with E-state index in [9.17, 15) is 18.4 Å². The maximum absolute atomic E-state index is 10.3. The van der Waals surface area contributed by atoms with Gasteiger partial charge in [-0.25, -0.2) is 8.42 Å². The van der Waals surface area contributed by atoms with Crippen molar-refractivity contribution in [1.29, 1.82) is 5.39 Å². The first-order chi connectivity index (χ1) is 16.4. The number of rotatable bonds is 10. The van der Waals surface area contributed by atoms with Gasteiger partial charge in [0, 0.05) is 19.2 Å². The van der Waals surface area contributed by atoms with Gasteiger partial charge in [-0.05, 0) is 25.0 Å². The highest BCUT2D eigenvalue weighted by Gasteiger charge is 2.25. The third-order valence-electron chi connectivity index (χ3n) is 5.04. The van der Waals surface area contributed by atoms with Crippen LogP contribution in [0.5, 0.6) is 11.5 Å². The third-order valence-corrected chi connectivity index (χ3v) is 5.89. The van der Waals surface area contributed by atoms with E-state index in [1.54, 1.807) is 12.1 Å². The van der Waals surface area contributed by atoms with Crippen molar-refractivity contribution in [2.75, 3.05) is 44.4 Å². The number of nitrogens with zero attached hydrogens (tertiary/aromatic N) is 3. The van der Waals surface area contributed by atoms with Gasteiger partial charge in [-0.15, -0.1) is 0 Å². The summed E-state index contributed by atoms with van der Waals surface area (Å²) in [7, 11) is -4.25. The van der Waals surface area contributed by atoms with E-state index < -0.39 is 10.1 Å². The second kappa shape index (κ2) is 14.4. The Labute approximate surface area is 202 Å². The van der Waals surface area contributed by atoms with Crippen LogP contribution in [-0.2, 0) is 14.9 Å². The van der Waals surface area contributed by atoms with Crippen LogP contribution >= 0.6 is 0 Å². The van der Waals surface area contributed by atoms with Crippen molar-refractivity contribution in [3.05, 3.63) is 47.4 Å². The Balaban J connectivity index is 0.000000340. The molecule has 0 spiro atoms. The molecule has 9 nitrogen and oxygen atoms in total. The maximum atomic E-state index is 10.3. The van der Waals surface area contributed by atoms with Gasteiger partial charge in [0.2, 0.25) is 11.1 Å². The van der Waals surface area contributed by atoms with Crippen LogP contribution in [0.1, 0.15) is 39.5 Å². The van der Waals surface area contributed by atoms with Crippen molar-refractivity contribution in [2.45, 2.75) is 44.4 Å². The summed E-state index contributed by atoms with van der Waals surface area (Å²) < 4.78 is 48.0. The Morgan fingerprint density at radius 1 is 1.00 bits per heavy atom. The zero-order valence-electron chi connectivity index (χ0n) is 19.8. The summed E-state index contributed by atoms with van der Waals surface area (Å²) in [4.78, 5) is 5.43. The highest BCUT2D eigenvalue weighted by molar-refractivity contribution is 7.85. The average Bonchev–Trinajstić information content (AvgIpc) is 2.85. The van der Waals surface area contributed by atoms with E-state index in [1.165, 1.54) is 24.3 Å². The van der Waals surface area contributed by atoms with E-state index in [0.717, 1.165) is 50.2 Å². The predicted molar refractivity (Wildman–Crippen MR) is 129 cm³/mol. The zero-order valence-corrected chi connectivity index (χ0v) is 20.6. The molecule has 186 valence electrons. The van der Waals surface area contributed by atoms with Crippen LogP contribution in [0, 0.1) is 5.39 Å². The number of hydrogen-bond acceptors (Lipinski definition) is 8. The first-order valence-electron chi connectivity index (χ1n) is 11.5. The standard InChI is InChI=1S/C18H28N3O3.C6H6O3S/c1-3-5-9-23-17-14-16(21-7-11-22-12-8-21)18(13-15(17)20-19)24-10-6-4-2;7-10(8,9)6-4-2-1-3-5-6/h13-14H,3-12H2,1-2H3;1-5H,(H,7,8,9)/q+1;/p-1. The molecular weight excluding hydrogens is 458 g/mol. The van der Waals surface area contributed by atoms with E-state index in [1.807, 2.05) is 6.07 Å². The molecule has 1 saturated heterocycles. The van der Waals surface area contributed by atoms with Crippen molar-refractivity contribution >= 4 is 21.5 Å². The number of diazo groups is 1. The van der Waals surface area contributed by atoms with Crippen LogP contribution in [-0.4, -0.2) is 52.5 Å². The summed E-state index contributed by atoms with van der Waals surface area (Å²) >= 11 is 0. The Hall–Kier alpha value is -2.87. The summed E-state index contributed by atoms with van der Waals surface area (Å²) in [6, 6.07) is 10.9. The molecule has 0 saturated carbocycles. The van der Waals surface area contributed by atoms with E-state index in [2.05, 4.69) is 23.7 Å². The second-order valence-electron chi connectivity index (χ2n) is 7.66. The fourth-order valence-corrected chi connectivity index (χ4v) is 3.63. The summed E-state index contributed by atoms with van der Waals surface area (Å²) in [6.45, 7) is 8.53. The summed E-state index contributed by atoms with van der Waals surface area (Å²) in [6.07, 6.45) is 4.08. The number of unbranched alkanes of at least 4 members (excludes halogenated alkanes) is 2. The first kappa shape index (κ1) is 27.4. The van der Waals surface area contributed by atoms with E-state index >= 15 is 0 Å². The van der Waals surface area contributed by atoms with Crippen LogP contribution in [0.25, 0.3) is 4.98 Å². The topological polar surface area (TPSA) is 116 Å². The van der Waals surface area contributed by atoms with Gasteiger partial charge in [-0.1, -0.05) is 44.9 Å². The van der Waals surface area contributed by atoms with Crippen LogP contribution < -0.4 is 14.4 Å². The fraction of sp³-hybridized carbons (Fsp3) is 0.500. The first-order valence-corrected chi connectivity index (χ1v) is 12.9. The van der Waals surface area contributed by atoms with Gasteiger partial charge in [0.25, 0.3) is 0 Å². The van der Waals surface area contributed by atoms with Crippen molar-refractivity contribution in [3.63, 3.8) is 0 Å². The summed E-state index contributed by atoms with van der Waals surface area (Å²) in [5.41, 5.74) is 1.39. The highest BCUT2D eigenvalue weighted by atomic mass is 32.2. The monoisotopic (exact) mass is 491 g/mol. The summed E-state index contributed by atoms with van der Waals surface area (Å²) in [5, 5.41) is 9.33. The van der Waals surface area contributed by atoms with Crippen LogP contribution in [0.15, 0.2) is 47.4 Å². The van der Waals surface area contributed by atoms with Crippen molar-refractivity contribution < 1.29 is 27.2 Å². The Bertz CT molecular complexity index is 1020. The van der Waals surface area contributed by atoms with Crippen LogP contribution in [0.2, 0.25) is 0 Å². The smallest absolute Gasteiger partial charge is 0.430 e. The van der Waals surface area contributed by atoms with Gasteiger partial charge in [-0.2, -0.15) is 0 Å². The number of ether oxygens (including phenoxy) is 3. The lowest BCUT2D eigenvalue weighted by molar-refractivity contribution is 0.122. The minimum Gasteiger partial charge on any atom is -0.744 e. The Kier molecular flexibility index (Phi) is 11.6. The quantitative estimate of drug-likeness (QED) is 0.260. The lowest BCUT2D eigenvalue weighted by atomic mass is 10.2. The minimum atomic E-state index is -4.25. The van der Waals surface area contributed by atoms with Gasteiger partial charge in [0.1, 0.15) is 10.1 Å². The van der Waals surface area contributed by atoms with E-state index in [-0.39, 0.29) is 4.90 Å². The Morgan fingerprint density at radius 3 is 2.09 bits per heavy atom. The molecule has 0 aromatic heterocycles. The third kappa shape index (κ3) is 8.82. The molecule has 0 atom stereocenters. The molecule has 0 bridgehead atoms. The SMILES string of the molecule is CCCCOc1cc(N2CCOCC2)c(OCCCC)cc1[N+]#N.O=S(=O)([O-])c1ccccc1. The van der Waals surface area contributed by atoms with Crippen molar-refractivity contribution in [3.8, 4) is 11.5 Å². The van der Waals surface area contributed by atoms with Gasteiger partial charge in [0.15, 0.2) is 10.7 Å². The maximum Gasteiger partial charge on any atom is 0.430 e. The van der Waals surface area contributed by atoms with Gasteiger partial charge in [0.05, 0.1) is 43.1 Å². The molecule has 3 rings (SSSR count). The molecule has 0 amide bonds. The molecule has 2 aromatic rings. The molecule has 2 aromatic carbocycles. The van der Waals surface area contributed by atoms with Gasteiger partial charge >= 0.3 is 5.69 Å². The zero-order chi connectivity index (χ0) is 24.8. The molecule has 1 aliphatic heterocycles. The highest BCUT2D eigenvalue weighted by Crippen LogP contribution is 2.40. The van der Waals surface area contributed by atoms with Gasteiger partial charge < -0.3 is 23.7 Å². The molecule has 1 fully saturated rings. The van der Waals surface area contributed by atoms with Crippen molar-refractivity contribution in [2.24, 2.45) is 0 Å². The number of hydrogen-bond donors (Lipinski definition) is 0. The van der Waals surface area contributed by atoms with Gasteiger partial charge in [-0.3, -0.25) is 0 Å². The lowest BCUT2D eigenvalue weighted by Gasteiger charge is -2.30. The molecule has 0 radical (unpaired) electrons. The number of morpholine rings is 1. The average molecular weight is 492 g/mol. The summed E-state index contributed by atoms with van der Waals surface area (Å²) in [5.74, 6) is 1.33. The molecular formula is C24H33N3O6S. The molecule has 0 unspecified atom stereocenters. The fourth-order valence-electron chi connectivity index (χ4n) is 3.14. The molecule has 1 heterocycles. The normalized spacial score (nSPS) is 13.4. The van der Waals surface area contributed by atoms with Crippen molar-refractivity contribution in [1.82, 2.24) is 0 Å². The number of anilines is 1. The minimum absolute atomic E-state index is 0.185. The predicted octanol–water partition coefficient (Wildman–Crippen LogP) is 4.96. The van der Waals surface area contributed by atoms with Crippen LogP contribution in [0.3, 0.4) is 0 Å². The van der Waals surface area contributed by atoms with E-state index in [4.69, 9.17) is 14.2 Å². The number of benzene rings is 2. The lowest BCUT2D eigenvalue weighted by Crippen LogP contribution is -2.36. The van der Waals surface area contributed by atoms with E-state index in [0.29, 0.717) is 37.9 Å². The molecule has 0 aliphatic carbocycles.